The minimum absolute atomic E-state index is 0.0337. The zero-order chi connectivity index (χ0) is 17.2. The van der Waals surface area contributed by atoms with E-state index in [0.717, 1.165) is 6.42 Å². The van der Waals surface area contributed by atoms with Crippen LogP contribution in [0.3, 0.4) is 0 Å². The Morgan fingerprint density at radius 1 is 1.57 bits per heavy atom. The van der Waals surface area contributed by atoms with Crippen LogP contribution in [0.5, 0.6) is 5.75 Å². The van der Waals surface area contributed by atoms with E-state index in [4.69, 9.17) is 9.26 Å². The minimum Gasteiger partial charge on any atom is -0.489 e. The molecule has 0 bridgehead atoms. The maximum Gasteiger partial charge on any atom is 0.257 e. The van der Waals surface area contributed by atoms with Gasteiger partial charge in [-0.1, -0.05) is 0 Å². The van der Waals surface area contributed by atoms with Gasteiger partial charge in [0.25, 0.3) is 5.91 Å². The van der Waals surface area contributed by atoms with Crippen LogP contribution in [0, 0.1) is 0 Å². The second kappa shape index (κ2) is 10.7. The smallest absolute Gasteiger partial charge is 0.257 e. The van der Waals surface area contributed by atoms with E-state index in [0.29, 0.717) is 37.3 Å². The molecule has 1 rings (SSSR count). The molecule has 7 nitrogen and oxygen atoms in total. The first-order chi connectivity index (χ1) is 11.0. The molecule has 0 saturated carbocycles. The van der Waals surface area contributed by atoms with Gasteiger partial charge in [-0.2, -0.15) is 0 Å². The highest BCUT2D eigenvalue weighted by Gasteiger charge is 2.18. The summed E-state index contributed by atoms with van der Waals surface area (Å²) in [5.41, 5.74) is 0.300. The second-order valence-electron chi connectivity index (χ2n) is 5.00. The van der Waals surface area contributed by atoms with E-state index in [2.05, 4.69) is 32.3 Å². The molecule has 23 heavy (non-hydrogen) atoms. The van der Waals surface area contributed by atoms with Crippen molar-refractivity contribution in [3.8, 4) is 5.75 Å². The van der Waals surface area contributed by atoms with Crippen LogP contribution in [0.4, 0.5) is 5.82 Å². The number of hydrogen-bond acceptors (Lipinski definition) is 5. The lowest BCUT2D eigenvalue weighted by molar-refractivity contribution is -0.105. The Kier molecular flexibility index (Phi) is 9.35. The number of ether oxygens (including phenoxy) is 1. The molecule has 0 aliphatic heterocycles. The standard InChI is InChI=1S/C14H21IN3O4P/c1-10(2)22-11-7-12(13(16-8-11)17-9-19)14(20)18(3)5-4-6-21-23-15/h7-10,23H,4-6H2,1-3H3,(H,16,17,19). The molecule has 1 unspecified atom stereocenters. The predicted octanol–water partition coefficient (Wildman–Crippen LogP) is 2.86. The monoisotopic (exact) mass is 453 g/mol. The van der Waals surface area contributed by atoms with Gasteiger partial charge in [0.2, 0.25) is 6.41 Å². The van der Waals surface area contributed by atoms with Gasteiger partial charge in [-0.05, 0) is 48.4 Å². The molecule has 1 aromatic rings. The average Bonchev–Trinajstić information content (AvgIpc) is 2.51. The minimum atomic E-state index is -0.229. The molecule has 0 aliphatic rings. The van der Waals surface area contributed by atoms with Gasteiger partial charge in [-0.3, -0.25) is 9.59 Å². The van der Waals surface area contributed by atoms with Gasteiger partial charge in [-0.15, -0.1) is 0 Å². The summed E-state index contributed by atoms with van der Waals surface area (Å²) in [5, 5.41) is 2.45. The number of aromatic nitrogens is 1. The van der Waals surface area contributed by atoms with E-state index in [9.17, 15) is 9.59 Å². The number of carbonyl (C=O) groups is 2. The number of carbonyl (C=O) groups excluding carboxylic acids is 2. The summed E-state index contributed by atoms with van der Waals surface area (Å²) >= 11 is 2.16. The van der Waals surface area contributed by atoms with Crippen molar-refractivity contribution < 1.29 is 18.8 Å². The number of anilines is 1. The van der Waals surface area contributed by atoms with Crippen molar-refractivity contribution in [2.24, 2.45) is 0 Å². The Balaban J connectivity index is 2.87. The van der Waals surface area contributed by atoms with Crippen LogP contribution in [0.2, 0.25) is 0 Å². The lowest BCUT2D eigenvalue weighted by atomic mass is 10.2. The Labute approximate surface area is 150 Å². The van der Waals surface area contributed by atoms with Gasteiger partial charge in [0.1, 0.15) is 11.6 Å². The van der Waals surface area contributed by atoms with Crippen LogP contribution >= 0.6 is 28.5 Å². The fraction of sp³-hybridized carbons (Fsp3) is 0.500. The summed E-state index contributed by atoms with van der Waals surface area (Å²) in [6.45, 7) is 5.34. The first kappa shape index (κ1) is 20.1. The topological polar surface area (TPSA) is 80.8 Å². The average molecular weight is 453 g/mol. The summed E-state index contributed by atoms with van der Waals surface area (Å²) in [7, 11) is 1.70. The maximum absolute atomic E-state index is 12.6. The number of nitrogens with one attached hydrogen (secondary N) is 1. The van der Waals surface area contributed by atoms with E-state index < -0.39 is 0 Å². The Morgan fingerprint density at radius 2 is 2.30 bits per heavy atom. The van der Waals surface area contributed by atoms with E-state index in [1.165, 1.54) is 6.20 Å². The first-order valence-electron chi connectivity index (χ1n) is 7.09. The van der Waals surface area contributed by atoms with Crippen molar-refractivity contribution in [1.29, 1.82) is 0 Å². The van der Waals surface area contributed by atoms with Crippen molar-refractivity contribution in [2.45, 2.75) is 26.4 Å². The molecule has 0 radical (unpaired) electrons. The molecule has 1 atom stereocenters. The third-order valence-electron chi connectivity index (χ3n) is 2.80. The van der Waals surface area contributed by atoms with Crippen LogP contribution in [-0.4, -0.2) is 48.5 Å². The largest absolute Gasteiger partial charge is 0.489 e. The SMILES string of the molecule is CC(C)Oc1cnc(NC=O)c(C(=O)N(C)CCCOPI)c1. The van der Waals surface area contributed by atoms with Gasteiger partial charge < -0.3 is 19.5 Å². The molecule has 1 N–H and O–H groups in total. The highest BCUT2D eigenvalue weighted by molar-refractivity contribution is 14.2. The van der Waals surface area contributed by atoms with Gasteiger partial charge >= 0.3 is 0 Å². The zero-order valence-corrected chi connectivity index (χ0v) is 16.5. The Hall–Kier alpha value is -0.990. The molecular weight excluding hydrogens is 432 g/mol. The van der Waals surface area contributed by atoms with Crippen LogP contribution in [0.25, 0.3) is 0 Å². The highest BCUT2D eigenvalue weighted by atomic mass is 127. The highest BCUT2D eigenvalue weighted by Crippen LogP contribution is 2.23. The van der Waals surface area contributed by atoms with Crippen molar-refractivity contribution in [2.75, 3.05) is 25.5 Å². The number of amides is 2. The first-order valence-corrected chi connectivity index (χ1v) is 11.1. The molecule has 9 heteroatoms. The van der Waals surface area contributed by atoms with Crippen molar-refractivity contribution in [3.05, 3.63) is 17.8 Å². The predicted molar refractivity (Wildman–Crippen MR) is 99.6 cm³/mol. The molecule has 128 valence electrons. The molecule has 1 heterocycles. The van der Waals surface area contributed by atoms with Gasteiger partial charge in [0, 0.05) is 13.6 Å². The molecular formula is C14H21IN3O4P. The van der Waals surface area contributed by atoms with Gasteiger partial charge in [0.05, 0.1) is 30.9 Å². The molecule has 0 spiro atoms. The lowest BCUT2D eigenvalue weighted by Crippen LogP contribution is -2.29. The second-order valence-corrected chi connectivity index (χ2v) is 6.77. The summed E-state index contributed by atoms with van der Waals surface area (Å²) in [6.07, 6.45) is 2.69. The Bertz CT molecular complexity index is 531. The summed E-state index contributed by atoms with van der Waals surface area (Å²) in [5.74, 6) is 0.480. The lowest BCUT2D eigenvalue weighted by Gasteiger charge is -2.19. The fourth-order valence-electron chi connectivity index (χ4n) is 1.84. The van der Waals surface area contributed by atoms with Crippen LogP contribution < -0.4 is 10.1 Å². The quantitative estimate of drug-likeness (QED) is 0.255. The molecule has 1 aromatic heterocycles. The van der Waals surface area contributed by atoms with Crippen molar-refractivity contribution >= 4 is 46.6 Å². The normalized spacial score (nSPS) is 11.0. The van der Waals surface area contributed by atoms with E-state index >= 15 is 0 Å². The van der Waals surface area contributed by atoms with Gasteiger partial charge in [-0.25, -0.2) is 4.98 Å². The van der Waals surface area contributed by atoms with E-state index in [-0.39, 0.29) is 17.8 Å². The molecule has 0 fully saturated rings. The summed E-state index contributed by atoms with van der Waals surface area (Å²) < 4.78 is 10.8. The fourth-order valence-corrected chi connectivity index (χ4v) is 2.72. The third-order valence-corrected chi connectivity index (χ3v) is 4.05. The third kappa shape index (κ3) is 6.97. The van der Waals surface area contributed by atoms with Crippen LogP contribution in [0.1, 0.15) is 30.6 Å². The number of halogens is 1. The number of rotatable bonds is 10. The molecule has 0 aromatic carbocycles. The molecule has 0 aliphatic carbocycles. The van der Waals surface area contributed by atoms with Gasteiger partial charge in [0.15, 0.2) is 0 Å². The molecule has 2 amide bonds. The van der Waals surface area contributed by atoms with E-state index in [1.807, 2.05) is 13.8 Å². The van der Waals surface area contributed by atoms with Crippen molar-refractivity contribution in [1.82, 2.24) is 9.88 Å². The number of pyridine rings is 1. The number of nitrogens with zero attached hydrogens (tertiary/aromatic N) is 2. The Morgan fingerprint density at radius 3 is 2.91 bits per heavy atom. The van der Waals surface area contributed by atoms with E-state index in [1.54, 1.807) is 18.0 Å². The van der Waals surface area contributed by atoms with Crippen LogP contribution in [-0.2, 0) is 9.32 Å². The molecule has 0 saturated heterocycles. The zero-order valence-electron chi connectivity index (χ0n) is 13.3. The van der Waals surface area contributed by atoms with Crippen molar-refractivity contribution in [3.63, 3.8) is 0 Å². The summed E-state index contributed by atoms with van der Waals surface area (Å²) in [4.78, 5) is 28.9. The number of hydrogen-bond donors (Lipinski definition) is 1. The maximum atomic E-state index is 12.6. The summed E-state index contributed by atoms with van der Waals surface area (Å²) in [6, 6.07) is 1.60. The van der Waals surface area contributed by atoms with Crippen LogP contribution in [0.15, 0.2) is 12.3 Å².